The summed E-state index contributed by atoms with van der Waals surface area (Å²) in [6, 6.07) is 4.44. The van der Waals surface area contributed by atoms with Gasteiger partial charge in [0, 0.05) is 31.4 Å². The Morgan fingerprint density at radius 1 is 1.03 bits per heavy atom. The van der Waals surface area contributed by atoms with Crippen molar-refractivity contribution < 1.29 is 28.8 Å². The highest BCUT2D eigenvalue weighted by Crippen LogP contribution is 2.43. The lowest BCUT2D eigenvalue weighted by atomic mass is 10.3. The van der Waals surface area contributed by atoms with Gasteiger partial charge in [-0.2, -0.15) is 0 Å². The highest BCUT2D eigenvalue weighted by atomic mass is 79.9. The molecule has 2 heterocycles. The Morgan fingerprint density at radius 3 is 2.50 bits per heavy atom. The van der Waals surface area contributed by atoms with Crippen molar-refractivity contribution >= 4 is 54.5 Å². The van der Waals surface area contributed by atoms with Crippen LogP contribution in [0.5, 0.6) is 17.2 Å². The van der Waals surface area contributed by atoms with Gasteiger partial charge in [0.25, 0.3) is 6.47 Å². The van der Waals surface area contributed by atoms with Crippen molar-refractivity contribution in [3.05, 3.63) is 38.0 Å². The van der Waals surface area contributed by atoms with E-state index in [1.54, 1.807) is 6.07 Å². The highest BCUT2D eigenvalue weighted by molar-refractivity contribution is 9.10. The first-order valence-corrected chi connectivity index (χ1v) is 11.8. The average molecular weight is 515 g/mol. The Morgan fingerprint density at radius 2 is 1.77 bits per heavy atom. The third-order valence-corrected chi connectivity index (χ3v) is 8.57. The standard InChI is InChI=1S/C21H23BrO6S2/c1-13-14(2)29-21-19(22)18(30-20(13)21)5-6-25-7-8-26-9-10-27-15-3-4-16(24)17(11-15)28-12-23/h3-4,11-12,24H,5-10H2,1-2H3. The molecule has 0 amide bonds. The van der Waals surface area contributed by atoms with E-state index in [1.807, 2.05) is 22.7 Å². The second-order valence-corrected chi connectivity index (χ2v) is 9.57. The number of benzene rings is 1. The molecule has 0 aliphatic heterocycles. The molecule has 6 nitrogen and oxygen atoms in total. The predicted octanol–water partition coefficient (Wildman–Crippen LogP) is 5.24. The number of fused-ring (bicyclic) bond motifs is 1. The Bertz CT molecular complexity index is 997. The minimum absolute atomic E-state index is 0.0549. The van der Waals surface area contributed by atoms with Gasteiger partial charge in [-0.3, -0.25) is 4.79 Å². The lowest BCUT2D eigenvalue weighted by molar-refractivity contribution is -0.120. The third kappa shape index (κ3) is 5.73. The molecule has 0 radical (unpaired) electrons. The number of carbonyl (C=O) groups is 1. The minimum atomic E-state index is -0.123. The van der Waals surface area contributed by atoms with E-state index in [4.69, 9.17) is 14.2 Å². The van der Waals surface area contributed by atoms with Crippen LogP contribution in [0.3, 0.4) is 0 Å². The van der Waals surface area contributed by atoms with Crippen molar-refractivity contribution in [3.8, 4) is 17.2 Å². The number of halogens is 1. The summed E-state index contributed by atoms with van der Waals surface area (Å²) >= 11 is 7.41. The average Bonchev–Trinajstić information content (AvgIpc) is 3.19. The number of hydrogen-bond donors (Lipinski definition) is 1. The van der Waals surface area contributed by atoms with Crippen LogP contribution in [0.1, 0.15) is 15.3 Å². The molecule has 0 fully saturated rings. The molecule has 9 heteroatoms. The van der Waals surface area contributed by atoms with Crippen molar-refractivity contribution in [1.82, 2.24) is 0 Å². The van der Waals surface area contributed by atoms with E-state index >= 15 is 0 Å². The number of phenols is 1. The maximum absolute atomic E-state index is 10.4. The van der Waals surface area contributed by atoms with Gasteiger partial charge in [-0.1, -0.05) is 0 Å². The molecule has 1 N–H and O–H groups in total. The second-order valence-electron chi connectivity index (χ2n) is 6.45. The Kier molecular flexibility index (Phi) is 8.52. The zero-order valence-corrected chi connectivity index (χ0v) is 20.0. The summed E-state index contributed by atoms with van der Waals surface area (Å²) in [5.41, 5.74) is 1.38. The molecule has 162 valence electrons. The molecule has 0 atom stereocenters. The van der Waals surface area contributed by atoms with Crippen LogP contribution in [-0.2, 0) is 20.7 Å². The van der Waals surface area contributed by atoms with E-state index in [-0.39, 0.29) is 18.0 Å². The van der Waals surface area contributed by atoms with Gasteiger partial charge in [-0.05, 0) is 47.5 Å². The molecule has 0 saturated carbocycles. The Hall–Kier alpha value is -1.65. The summed E-state index contributed by atoms with van der Waals surface area (Å²) in [5.74, 6) is 0.415. The fourth-order valence-corrected chi connectivity index (χ4v) is 6.30. The van der Waals surface area contributed by atoms with E-state index in [0.717, 1.165) is 6.42 Å². The monoisotopic (exact) mass is 514 g/mol. The smallest absolute Gasteiger partial charge is 0.298 e. The van der Waals surface area contributed by atoms with Crippen molar-refractivity contribution in [2.45, 2.75) is 20.3 Å². The Balaban J connectivity index is 1.29. The van der Waals surface area contributed by atoms with Crippen molar-refractivity contribution in [3.63, 3.8) is 0 Å². The Labute approximate surface area is 191 Å². The fourth-order valence-electron chi connectivity index (χ4n) is 2.76. The van der Waals surface area contributed by atoms with E-state index in [0.29, 0.717) is 38.8 Å². The van der Waals surface area contributed by atoms with Gasteiger partial charge in [-0.25, -0.2) is 0 Å². The number of ether oxygens (including phenoxy) is 4. The number of hydrogen-bond acceptors (Lipinski definition) is 8. The molecule has 1 aromatic carbocycles. The third-order valence-electron chi connectivity index (χ3n) is 4.45. The molecule has 0 unspecified atom stereocenters. The first-order valence-electron chi connectivity index (χ1n) is 9.39. The van der Waals surface area contributed by atoms with Crippen LogP contribution in [0.15, 0.2) is 22.7 Å². The number of aryl methyl sites for hydroxylation is 2. The summed E-state index contributed by atoms with van der Waals surface area (Å²) < 4.78 is 25.3. The SMILES string of the molecule is Cc1sc2c(Br)c(CCOCCOCCOc3ccc(O)c(OC=O)c3)sc2c1C. The van der Waals surface area contributed by atoms with E-state index in [9.17, 15) is 9.90 Å². The van der Waals surface area contributed by atoms with Crippen LogP contribution in [0.25, 0.3) is 9.40 Å². The van der Waals surface area contributed by atoms with Gasteiger partial charge in [0.05, 0.1) is 31.1 Å². The molecule has 2 aromatic heterocycles. The van der Waals surface area contributed by atoms with Crippen LogP contribution in [0.4, 0.5) is 0 Å². The first kappa shape index (κ1) is 23.0. The normalized spacial score (nSPS) is 11.2. The fraction of sp³-hybridized carbons (Fsp3) is 0.381. The number of carbonyl (C=O) groups excluding carboxylic acids is 1. The zero-order valence-electron chi connectivity index (χ0n) is 16.7. The van der Waals surface area contributed by atoms with Crippen molar-refractivity contribution in [2.75, 3.05) is 33.0 Å². The lowest BCUT2D eigenvalue weighted by Gasteiger charge is -2.09. The summed E-state index contributed by atoms with van der Waals surface area (Å²) in [4.78, 5) is 13.1. The first-order chi connectivity index (χ1) is 14.5. The van der Waals surface area contributed by atoms with Crippen LogP contribution < -0.4 is 9.47 Å². The molecular formula is C21H23BrO6S2. The van der Waals surface area contributed by atoms with E-state index in [2.05, 4.69) is 34.5 Å². The quantitative estimate of drug-likeness (QED) is 0.263. The van der Waals surface area contributed by atoms with Gasteiger partial charge in [-0.15, -0.1) is 22.7 Å². The molecule has 0 saturated heterocycles. The lowest BCUT2D eigenvalue weighted by Crippen LogP contribution is -2.11. The van der Waals surface area contributed by atoms with Crippen LogP contribution in [0, 0.1) is 13.8 Å². The maximum atomic E-state index is 10.4. The molecular weight excluding hydrogens is 492 g/mol. The summed E-state index contributed by atoms with van der Waals surface area (Å²) in [6.45, 7) is 6.99. The number of thiophene rings is 2. The van der Waals surface area contributed by atoms with Crippen LogP contribution >= 0.6 is 38.6 Å². The molecule has 0 spiro atoms. The van der Waals surface area contributed by atoms with Gasteiger partial charge < -0.3 is 24.1 Å². The van der Waals surface area contributed by atoms with Gasteiger partial charge >= 0.3 is 0 Å². The van der Waals surface area contributed by atoms with Gasteiger partial charge in [0.2, 0.25) is 0 Å². The van der Waals surface area contributed by atoms with E-state index < -0.39 is 0 Å². The summed E-state index contributed by atoms with van der Waals surface area (Å²) in [6.07, 6.45) is 0.875. The predicted molar refractivity (Wildman–Crippen MR) is 123 cm³/mol. The van der Waals surface area contributed by atoms with Crippen molar-refractivity contribution in [2.24, 2.45) is 0 Å². The maximum Gasteiger partial charge on any atom is 0.298 e. The zero-order chi connectivity index (χ0) is 21.5. The topological polar surface area (TPSA) is 74.2 Å². The molecule has 0 aliphatic carbocycles. The number of rotatable bonds is 12. The number of aromatic hydroxyl groups is 1. The number of phenolic OH excluding ortho intramolecular Hbond substituents is 1. The van der Waals surface area contributed by atoms with E-state index in [1.165, 1.54) is 41.3 Å². The highest BCUT2D eigenvalue weighted by Gasteiger charge is 2.15. The molecule has 0 bridgehead atoms. The molecule has 3 aromatic rings. The van der Waals surface area contributed by atoms with Crippen LogP contribution in [0.2, 0.25) is 0 Å². The summed E-state index contributed by atoms with van der Waals surface area (Å²) in [7, 11) is 0. The summed E-state index contributed by atoms with van der Waals surface area (Å²) in [5, 5.41) is 9.54. The molecule has 0 aliphatic rings. The molecule has 30 heavy (non-hydrogen) atoms. The van der Waals surface area contributed by atoms with Gasteiger partial charge in [0.15, 0.2) is 11.5 Å². The van der Waals surface area contributed by atoms with Gasteiger partial charge in [0.1, 0.15) is 12.4 Å². The second kappa shape index (κ2) is 11.1. The molecule has 3 rings (SSSR count). The van der Waals surface area contributed by atoms with Crippen molar-refractivity contribution in [1.29, 1.82) is 0 Å². The minimum Gasteiger partial charge on any atom is -0.504 e. The largest absolute Gasteiger partial charge is 0.504 e. The van der Waals surface area contributed by atoms with Crippen LogP contribution in [-0.4, -0.2) is 44.6 Å².